The van der Waals surface area contributed by atoms with E-state index in [0.29, 0.717) is 11.9 Å². The predicted molar refractivity (Wildman–Crippen MR) is 133 cm³/mol. The molecule has 0 bridgehead atoms. The van der Waals surface area contributed by atoms with E-state index in [9.17, 15) is 4.79 Å². The molecule has 1 saturated carbocycles. The van der Waals surface area contributed by atoms with Crippen LogP contribution >= 0.6 is 0 Å². The highest BCUT2D eigenvalue weighted by Crippen LogP contribution is 2.28. The molecule has 1 heterocycles. The van der Waals surface area contributed by atoms with Crippen LogP contribution < -0.4 is 15.4 Å². The quantitative estimate of drug-likeness (QED) is 0.370. The van der Waals surface area contributed by atoms with E-state index in [1.807, 2.05) is 48.8 Å². The highest BCUT2D eigenvalue weighted by molar-refractivity contribution is 5.70. The zero-order chi connectivity index (χ0) is 23.8. The van der Waals surface area contributed by atoms with Gasteiger partial charge in [-0.1, -0.05) is 24.3 Å². The summed E-state index contributed by atoms with van der Waals surface area (Å²) in [5.74, 6) is 1.20. The van der Waals surface area contributed by atoms with Gasteiger partial charge in [0.15, 0.2) is 0 Å². The lowest BCUT2D eigenvalue weighted by molar-refractivity contribution is -0.143. The first kappa shape index (κ1) is 23.7. The van der Waals surface area contributed by atoms with Crippen molar-refractivity contribution in [3.05, 3.63) is 66.5 Å². The average molecular weight is 461 g/mol. The van der Waals surface area contributed by atoms with Crippen molar-refractivity contribution < 1.29 is 14.6 Å². The molecule has 0 amide bonds. The van der Waals surface area contributed by atoms with E-state index in [0.717, 1.165) is 67.8 Å². The van der Waals surface area contributed by atoms with Gasteiger partial charge in [0, 0.05) is 23.6 Å². The molecule has 0 radical (unpaired) electrons. The van der Waals surface area contributed by atoms with E-state index in [2.05, 4.69) is 32.7 Å². The van der Waals surface area contributed by atoms with E-state index in [1.54, 1.807) is 7.11 Å². The van der Waals surface area contributed by atoms with Gasteiger partial charge in [-0.25, -0.2) is 9.97 Å². The van der Waals surface area contributed by atoms with E-state index in [1.165, 1.54) is 5.56 Å². The molecule has 1 aliphatic carbocycles. The third-order valence-corrected chi connectivity index (χ3v) is 6.50. The largest absolute Gasteiger partial charge is 0.497 e. The highest BCUT2D eigenvalue weighted by atomic mass is 16.5. The molecule has 7 nitrogen and oxygen atoms in total. The number of carboxylic acids is 1. The number of ether oxygens (including phenoxy) is 1. The molecule has 3 N–H and O–H groups in total. The standard InChI is InChI=1S/C27H32N4O3/c1-34-25-12-8-21(9-13-25)23-17-29-27(30-18-23)31-24-10-4-19(5-11-24)14-15-28-16-20-2-6-22(7-3-20)26(32)33/h4-5,8-13,17-18,20,22,28H,2-3,6-7,14-16H2,1H3,(H,32,33)(H,29,30,31)/t20-,22-. The number of hydrogen-bond acceptors (Lipinski definition) is 6. The molecule has 0 saturated heterocycles. The summed E-state index contributed by atoms with van der Waals surface area (Å²) in [4.78, 5) is 19.9. The normalized spacial score (nSPS) is 17.8. The summed E-state index contributed by atoms with van der Waals surface area (Å²) in [6.07, 6.45) is 8.21. The molecule has 4 rings (SSSR count). The SMILES string of the molecule is COc1ccc(-c2cnc(Nc3ccc(CCNC[C@H]4CC[C@H](C(=O)O)CC4)cc3)nc2)cc1. The van der Waals surface area contributed by atoms with Crippen molar-refractivity contribution in [2.75, 3.05) is 25.5 Å². The van der Waals surface area contributed by atoms with Crippen LogP contribution in [0.1, 0.15) is 31.2 Å². The van der Waals surface area contributed by atoms with Crippen LogP contribution in [-0.4, -0.2) is 41.2 Å². The van der Waals surface area contributed by atoms with Crippen molar-refractivity contribution in [1.82, 2.24) is 15.3 Å². The van der Waals surface area contributed by atoms with Gasteiger partial charge in [-0.3, -0.25) is 4.79 Å². The second-order valence-electron chi connectivity index (χ2n) is 8.86. The van der Waals surface area contributed by atoms with Crippen molar-refractivity contribution in [3.8, 4) is 16.9 Å². The summed E-state index contributed by atoms with van der Waals surface area (Å²) in [5, 5.41) is 15.9. The zero-order valence-electron chi connectivity index (χ0n) is 19.5. The van der Waals surface area contributed by atoms with Crippen LogP contribution in [0.3, 0.4) is 0 Å². The second kappa shape index (κ2) is 11.6. The molecular weight excluding hydrogens is 428 g/mol. The van der Waals surface area contributed by atoms with Crippen molar-refractivity contribution >= 4 is 17.6 Å². The summed E-state index contributed by atoms with van der Waals surface area (Å²) in [6, 6.07) is 16.1. The molecule has 3 aromatic rings. The number of carboxylic acid groups (broad SMARTS) is 1. The number of nitrogens with one attached hydrogen (secondary N) is 2. The maximum Gasteiger partial charge on any atom is 0.306 e. The fourth-order valence-electron chi connectivity index (χ4n) is 4.36. The van der Waals surface area contributed by atoms with E-state index < -0.39 is 5.97 Å². The zero-order valence-corrected chi connectivity index (χ0v) is 19.5. The number of hydrogen-bond donors (Lipinski definition) is 3. The molecule has 0 spiro atoms. The van der Waals surface area contributed by atoms with Crippen LogP contribution in [-0.2, 0) is 11.2 Å². The molecule has 178 valence electrons. The minimum absolute atomic E-state index is 0.139. The Morgan fingerprint density at radius 3 is 2.26 bits per heavy atom. The van der Waals surface area contributed by atoms with Crippen molar-refractivity contribution in [2.45, 2.75) is 32.1 Å². The first-order chi connectivity index (χ1) is 16.6. The number of carbonyl (C=O) groups is 1. The molecule has 1 aliphatic rings. The number of anilines is 2. The average Bonchev–Trinajstić information content (AvgIpc) is 2.88. The lowest BCUT2D eigenvalue weighted by Gasteiger charge is -2.26. The lowest BCUT2D eigenvalue weighted by atomic mass is 9.82. The fraction of sp³-hybridized carbons (Fsp3) is 0.370. The number of aliphatic carboxylic acids is 1. The third-order valence-electron chi connectivity index (χ3n) is 6.50. The molecule has 0 atom stereocenters. The summed E-state index contributed by atoms with van der Waals surface area (Å²) in [7, 11) is 1.65. The van der Waals surface area contributed by atoms with Crippen molar-refractivity contribution in [2.24, 2.45) is 11.8 Å². The number of aromatic nitrogens is 2. The number of rotatable bonds is 10. The first-order valence-electron chi connectivity index (χ1n) is 11.9. The van der Waals surface area contributed by atoms with Gasteiger partial charge >= 0.3 is 5.97 Å². The van der Waals surface area contributed by atoms with Crippen LogP contribution in [0.25, 0.3) is 11.1 Å². The van der Waals surface area contributed by atoms with Crippen LogP contribution in [0.15, 0.2) is 60.9 Å². The molecular formula is C27H32N4O3. The summed E-state index contributed by atoms with van der Waals surface area (Å²) in [6.45, 7) is 1.89. The minimum Gasteiger partial charge on any atom is -0.497 e. The predicted octanol–water partition coefficient (Wildman–Crippen LogP) is 4.92. The van der Waals surface area contributed by atoms with Gasteiger partial charge in [0.1, 0.15) is 5.75 Å². The van der Waals surface area contributed by atoms with Crippen molar-refractivity contribution in [3.63, 3.8) is 0 Å². The molecule has 1 aromatic heterocycles. The number of nitrogens with zero attached hydrogens (tertiary/aromatic N) is 2. The minimum atomic E-state index is -0.638. The second-order valence-corrected chi connectivity index (χ2v) is 8.86. The molecule has 0 unspecified atom stereocenters. The van der Waals surface area contributed by atoms with Gasteiger partial charge in [-0.15, -0.1) is 0 Å². The summed E-state index contributed by atoms with van der Waals surface area (Å²) >= 11 is 0. The highest BCUT2D eigenvalue weighted by Gasteiger charge is 2.25. The molecule has 34 heavy (non-hydrogen) atoms. The monoisotopic (exact) mass is 460 g/mol. The molecule has 2 aromatic carbocycles. The van der Waals surface area contributed by atoms with E-state index >= 15 is 0 Å². The molecule has 0 aliphatic heterocycles. The summed E-state index contributed by atoms with van der Waals surface area (Å²) < 4.78 is 5.20. The van der Waals surface area contributed by atoms with Gasteiger partial charge < -0.3 is 20.5 Å². The Hall–Kier alpha value is -3.45. The molecule has 7 heteroatoms. The first-order valence-corrected chi connectivity index (χ1v) is 11.9. The Morgan fingerprint density at radius 2 is 1.65 bits per heavy atom. The Bertz CT molecular complexity index is 1040. The van der Waals surface area contributed by atoms with Gasteiger partial charge in [0.05, 0.1) is 13.0 Å². The Labute approximate surface area is 200 Å². The van der Waals surface area contributed by atoms with E-state index in [4.69, 9.17) is 9.84 Å². The summed E-state index contributed by atoms with van der Waals surface area (Å²) in [5.41, 5.74) is 4.21. The smallest absolute Gasteiger partial charge is 0.306 e. The van der Waals surface area contributed by atoms with Gasteiger partial charge in [0.25, 0.3) is 0 Å². The maximum atomic E-state index is 11.1. The van der Waals surface area contributed by atoms with Gasteiger partial charge in [0.2, 0.25) is 5.95 Å². The topological polar surface area (TPSA) is 96.4 Å². The van der Waals surface area contributed by atoms with Gasteiger partial charge in [-0.2, -0.15) is 0 Å². The number of benzene rings is 2. The fourth-order valence-corrected chi connectivity index (χ4v) is 4.36. The van der Waals surface area contributed by atoms with Crippen LogP contribution in [0.4, 0.5) is 11.6 Å². The number of methoxy groups -OCH3 is 1. The van der Waals surface area contributed by atoms with E-state index in [-0.39, 0.29) is 5.92 Å². The van der Waals surface area contributed by atoms with Crippen LogP contribution in [0, 0.1) is 11.8 Å². The van der Waals surface area contributed by atoms with Crippen LogP contribution in [0.2, 0.25) is 0 Å². The van der Waals surface area contributed by atoms with Crippen LogP contribution in [0.5, 0.6) is 5.75 Å². The third kappa shape index (κ3) is 6.54. The Kier molecular flexibility index (Phi) is 8.09. The maximum absolute atomic E-state index is 11.1. The van der Waals surface area contributed by atoms with Gasteiger partial charge in [-0.05, 0) is 86.5 Å². The van der Waals surface area contributed by atoms with Crippen molar-refractivity contribution in [1.29, 1.82) is 0 Å². The Morgan fingerprint density at radius 1 is 0.971 bits per heavy atom. The molecule has 1 fully saturated rings. The lowest BCUT2D eigenvalue weighted by Crippen LogP contribution is -2.29. The Balaban J connectivity index is 1.19.